The number of ether oxygens (including phenoxy) is 2. The predicted octanol–water partition coefficient (Wildman–Crippen LogP) is 5.17. The fourth-order valence-electron chi connectivity index (χ4n) is 2.94. The highest BCUT2D eigenvalue weighted by Gasteiger charge is 2.11. The Kier molecular flexibility index (Phi) is 9.82. The van der Waals surface area contributed by atoms with Crippen molar-refractivity contribution < 1.29 is 9.47 Å². The molecule has 0 aliphatic rings. The zero-order valence-corrected chi connectivity index (χ0v) is 19.1. The molecule has 0 unspecified atom stereocenters. The van der Waals surface area contributed by atoms with Gasteiger partial charge in [-0.05, 0) is 50.2 Å². The molecule has 0 spiro atoms. The summed E-state index contributed by atoms with van der Waals surface area (Å²) < 4.78 is 12.9. The second-order valence-corrected chi connectivity index (χ2v) is 7.66. The summed E-state index contributed by atoms with van der Waals surface area (Å²) >= 11 is 3.69. The van der Waals surface area contributed by atoms with Crippen molar-refractivity contribution in [2.45, 2.75) is 40.8 Å². The van der Waals surface area contributed by atoms with E-state index in [4.69, 9.17) is 9.47 Å². The van der Waals surface area contributed by atoms with Crippen LogP contribution in [0.5, 0.6) is 11.5 Å². The molecule has 4 nitrogen and oxygen atoms in total. The Morgan fingerprint density at radius 2 is 1.64 bits per heavy atom. The van der Waals surface area contributed by atoms with Crippen molar-refractivity contribution in [3.63, 3.8) is 0 Å². The van der Waals surface area contributed by atoms with Crippen molar-refractivity contribution in [1.82, 2.24) is 10.2 Å². The van der Waals surface area contributed by atoms with Crippen molar-refractivity contribution in [1.29, 1.82) is 0 Å². The third-order valence-electron chi connectivity index (χ3n) is 4.74. The minimum absolute atomic E-state index is 0.522. The molecule has 0 saturated carbocycles. The molecule has 2 aromatic carbocycles. The van der Waals surface area contributed by atoms with Crippen LogP contribution in [-0.2, 0) is 13.2 Å². The van der Waals surface area contributed by atoms with Crippen molar-refractivity contribution in [2.75, 3.05) is 32.8 Å². The molecule has 0 heterocycles. The molecule has 0 bridgehead atoms. The van der Waals surface area contributed by atoms with Gasteiger partial charge in [-0.25, -0.2) is 0 Å². The van der Waals surface area contributed by atoms with Crippen LogP contribution in [0.2, 0.25) is 0 Å². The number of rotatable bonds is 12. The van der Waals surface area contributed by atoms with Crippen LogP contribution in [0.3, 0.4) is 0 Å². The first-order valence-electron chi connectivity index (χ1n) is 10.1. The highest BCUT2D eigenvalue weighted by Crippen LogP contribution is 2.34. The number of hydrogen-bond donors (Lipinski definition) is 1. The van der Waals surface area contributed by atoms with Crippen LogP contribution in [0.4, 0.5) is 0 Å². The highest BCUT2D eigenvalue weighted by atomic mass is 79.9. The maximum absolute atomic E-state index is 6.06. The van der Waals surface area contributed by atoms with Crippen LogP contribution >= 0.6 is 15.9 Å². The molecule has 2 aromatic rings. The molecular formula is C23H33BrN2O2. The minimum atomic E-state index is 0.522. The highest BCUT2D eigenvalue weighted by molar-refractivity contribution is 9.10. The van der Waals surface area contributed by atoms with Gasteiger partial charge in [0.25, 0.3) is 0 Å². The Morgan fingerprint density at radius 3 is 2.29 bits per heavy atom. The van der Waals surface area contributed by atoms with Gasteiger partial charge in [-0.1, -0.05) is 59.6 Å². The fourth-order valence-corrected chi connectivity index (χ4v) is 3.40. The van der Waals surface area contributed by atoms with Gasteiger partial charge in [0.2, 0.25) is 0 Å². The van der Waals surface area contributed by atoms with Crippen molar-refractivity contribution in [3.05, 3.63) is 57.6 Å². The van der Waals surface area contributed by atoms with Crippen LogP contribution in [0, 0.1) is 6.92 Å². The van der Waals surface area contributed by atoms with E-state index in [-0.39, 0.29) is 0 Å². The van der Waals surface area contributed by atoms with Gasteiger partial charge in [0.1, 0.15) is 6.61 Å². The summed E-state index contributed by atoms with van der Waals surface area (Å²) in [6.07, 6.45) is 0. The normalized spacial score (nSPS) is 11.1. The molecule has 2 rings (SSSR count). The van der Waals surface area contributed by atoms with Gasteiger partial charge < -0.3 is 19.7 Å². The zero-order chi connectivity index (χ0) is 20.4. The zero-order valence-electron chi connectivity index (χ0n) is 17.6. The van der Waals surface area contributed by atoms with E-state index in [1.807, 2.05) is 13.0 Å². The smallest absolute Gasteiger partial charge is 0.162 e. The summed E-state index contributed by atoms with van der Waals surface area (Å²) in [6, 6.07) is 12.5. The molecule has 0 amide bonds. The standard InChI is InChI=1S/C23H33BrN2O2/c1-5-26(6-2)13-12-25-16-20-14-22(27-7-3)23(15-21(20)24)28-17-19-10-8-18(4)9-11-19/h8-11,14-15,25H,5-7,12-13,16-17H2,1-4H3. The second-order valence-electron chi connectivity index (χ2n) is 6.80. The summed E-state index contributed by atoms with van der Waals surface area (Å²) in [7, 11) is 0. The molecular weight excluding hydrogens is 416 g/mol. The van der Waals surface area contributed by atoms with E-state index < -0.39 is 0 Å². The Balaban J connectivity index is 2.00. The third kappa shape index (κ3) is 7.12. The van der Waals surface area contributed by atoms with Gasteiger partial charge in [-0.15, -0.1) is 0 Å². The average molecular weight is 449 g/mol. The van der Waals surface area contributed by atoms with E-state index in [1.165, 1.54) is 11.1 Å². The van der Waals surface area contributed by atoms with E-state index in [9.17, 15) is 0 Å². The molecule has 0 radical (unpaired) electrons. The molecule has 0 atom stereocenters. The van der Waals surface area contributed by atoms with E-state index in [2.05, 4.69) is 77.2 Å². The Hall–Kier alpha value is -1.56. The lowest BCUT2D eigenvalue weighted by Gasteiger charge is -2.19. The number of benzene rings is 2. The summed E-state index contributed by atoms with van der Waals surface area (Å²) in [5.41, 5.74) is 3.57. The predicted molar refractivity (Wildman–Crippen MR) is 120 cm³/mol. The third-order valence-corrected chi connectivity index (χ3v) is 5.48. The lowest BCUT2D eigenvalue weighted by Crippen LogP contribution is -2.31. The first-order chi connectivity index (χ1) is 13.6. The topological polar surface area (TPSA) is 33.7 Å². The molecule has 0 aliphatic carbocycles. The first-order valence-corrected chi connectivity index (χ1v) is 10.9. The quantitative estimate of drug-likeness (QED) is 0.454. The molecule has 154 valence electrons. The Bertz CT molecular complexity index is 715. The maximum atomic E-state index is 6.06. The maximum Gasteiger partial charge on any atom is 0.162 e. The van der Waals surface area contributed by atoms with Crippen LogP contribution < -0.4 is 14.8 Å². The second kappa shape index (κ2) is 12.1. The summed E-state index contributed by atoms with van der Waals surface area (Å²) in [4.78, 5) is 2.41. The van der Waals surface area contributed by atoms with E-state index in [1.54, 1.807) is 0 Å². The lowest BCUT2D eigenvalue weighted by molar-refractivity contribution is 0.268. The molecule has 0 aliphatic heterocycles. The van der Waals surface area contributed by atoms with Gasteiger partial charge in [0, 0.05) is 24.1 Å². The summed E-state index contributed by atoms with van der Waals surface area (Å²) in [6.45, 7) is 14.6. The number of halogens is 1. The summed E-state index contributed by atoms with van der Waals surface area (Å²) in [5, 5.41) is 3.53. The van der Waals surface area contributed by atoms with Gasteiger partial charge in [0.15, 0.2) is 11.5 Å². The Morgan fingerprint density at radius 1 is 0.964 bits per heavy atom. The number of aryl methyl sites for hydroxylation is 1. The van der Waals surface area contributed by atoms with Crippen LogP contribution in [-0.4, -0.2) is 37.7 Å². The largest absolute Gasteiger partial charge is 0.490 e. The number of hydrogen-bond acceptors (Lipinski definition) is 4. The monoisotopic (exact) mass is 448 g/mol. The van der Waals surface area contributed by atoms with Crippen molar-refractivity contribution in [3.8, 4) is 11.5 Å². The van der Waals surface area contributed by atoms with Gasteiger partial charge >= 0.3 is 0 Å². The molecule has 1 N–H and O–H groups in total. The van der Waals surface area contributed by atoms with Crippen molar-refractivity contribution >= 4 is 15.9 Å². The van der Waals surface area contributed by atoms with Gasteiger partial charge in [-0.3, -0.25) is 0 Å². The van der Waals surface area contributed by atoms with E-state index >= 15 is 0 Å². The molecule has 28 heavy (non-hydrogen) atoms. The lowest BCUT2D eigenvalue weighted by atomic mass is 10.1. The Labute approximate surface area is 178 Å². The molecule has 0 saturated heterocycles. The van der Waals surface area contributed by atoms with Crippen LogP contribution in [0.25, 0.3) is 0 Å². The van der Waals surface area contributed by atoms with Gasteiger partial charge in [0.05, 0.1) is 6.61 Å². The number of likely N-dealkylation sites (N-methyl/N-ethyl adjacent to an activating group) is 1. The minimum Gasteiger partial charge on any atom is -0.490 e. The molecule has 0 fully saturated rings. The first kappa shape index (κ1) is 22.7. The molecule has 5 heteroatoms. The van der Waals surface area contributed by atoms with Gasteiger partial charge in [-0.2, -0.15) is 0 Å². The summed E-state index contributed by atoms with van der Waals surface area (Å²) in [5.74, 6) is 1.56. The van der Waals surface area contributed by atoms with Crippen LogP contribution in [0.1, 0.15) is 37.5 Å². The van der Waals surface area contributed by atoms with E-state index in [0.29, 0.717) is 13.2 Å². The van der Waals surface area contributed by atoms with Crippen LogP contribution in [0.15, 0.2) is 40.9 Å². The number of nitrogens with one attached hydrogen (secondary N) is 1. The SMILES string of the molecule is CCOc1cc(CNCCN(CC)CC)c(Br)cc1OCc1ccc(C)cc1. The fraction of sp³-hybridized carbons (Fsp3) is 0.478. The molecule has 0 aromatic heterocycles. The average Bonchev–Trinajstić information content (AvgIpc) is 2.70. The van der Waals surface area contributed by atoms with Crippen molar-refractivity contribution in [2.24, 2.45) is 0 Å². The number of nitrogens with zero attached hydrogens (tertiary/aromatic N) is 1. The van der Waals surface area contributed by atoms with E-state index in [0.717, 1.165) is 54.3 Å².